The van der Waals surface area contributed by atoms with E-state index in [0.29, 0.717) is 0 Å². The van der Waals surface area contributed by atoms with Gasteiger partial charge in [0.1, 0.15) is 11.5 Å². The van der Waals surface area contributed by atoms with Crippen molar-refractivity contribution in [3.8, 4) is 11.5 Å². The molecule has 0 radical (unpaired) electrons. The second-order valence-corrected chi connectivity index (χ2v) is 6.58. The van der Waals surface area contributed by atoms with Crippen LogP contribution in [0.15, 0.2) is 24.3 Å². The van der Waals surface area contributed by atoms with Crippen molar-refractivity contribution in [2.24, 2.45) is 0 Å². The van der Waals surface area contributed by atoms with Crippen LogP contribution in [0.3, 0.4) is 0 Å². The molecule has 0 amide bonds. The molecule has 0 saturated heterocycles. The zero-order valence-corrected chi connectivity index (χ0v) is 15.1. The number of hydrogen-bond donors (Lipinski definition) is 0. The molecular formula is C19H32O2S. The van der Waals surface area contributed by atoms with Crippen LogP contribution in [-0.2, 0) is 0 Å². The van der Waals surface area contributed by atoms with Crippen LogP contribution in [0.25, 0.3) is 0 Å². The summed E-state index contributed by atoms with van der Waals surface area (Å²) >= 11 is 1.55. The van der Waals surface area contributed by atoms with E-state index in [-0.39, 0.29) is 0 Å². The van der Waals surface area contributed by atoms with Gasteiger partial charge in [-0.05, 0) is 18.6 Å². The highest BCUT2D eigenvalue weighted by atomic mass is 32.2. The first-order valence-corrected chi connectivity index (χ1v) is 9.71. The molecule has 22 heavy (non-hydrogen) atoms. The SMILES string of the molecule is CCCCCCCCCCCCSOc1cccc(OC)c1. The van der Waals surface area contributed by atoms with Gasteiger partial charge in [0.2, 0.25) is 0 Å². The summed E-state index contributed by atoms with van der Waals surface area (Å²) in [4.78, 5) is 0. The topological polar surface area (TPSA) is 18.5 Å². The minimum absolute atomic E-state index is 0.844. The van der Waals surface area contributed by atoms with E-state index in [2.05, 4.69) is 6.92 Å². The maximum Gasteiger partial charge on any atom is 0.141 e. The van der Waals surface area contributed by atoms with Crippen LogP contribution < -0.4 is 8.92 Å². The minimum Gasteiger partial charge on any atom is -0.497 e. The summed E-state index contributed by atoms with van der Waals surface area (Å²) in [5.41, 5.74) is 0. The number of unbranched alkanes of at least 4 members (excludes halogenated alkanes) is 9. The van der Waals surface area contributed by atoms with Crippen LogP contribution >= 0.6 is 12.0 Å². The van der Waals surface area contributed by atoms with Crippen molar-refractivity contribution in [1.29, 1.82) is 0 Å². The van der Waals surface area contributed by atoms with Gasteiger partial charge in [0.25, 0.3) is 0 Å². The molecule has 1 aromatic carbocycles. The van der Waals surface area contributed by atoms with Gasteiger partial charge >= 0.3 is 0 Å². The average Bonchev–Trinajstić information content (AvgIpc) is 2.56. The lowest BCUT2D eigenvalue weighted by atomic mass is 10.1. The second kappa shape index (κ2) is 13.8. The number of methoxy groups -OCH3 is 1. The first-order chi connectivity index (χ1) is 10.9. The molecule has 0 bridgehead atoms. The van der Waals surface area contributed by atoms with Gasteiger partial charge in [0.05, 0.1) is 19.2 Å². The lowest BCUT2D eigenvalue weighted by Gasteiger charge is -2.06. The predicted octanol–water partition coefficient (Wildman–Crippen LogP) is 6.64. The van der Waals surface area contributed by atoms with E-state index >= 15 is 0 Å². The molecule has 1 aromatic rings. The Balaban J connectivity index is 1.87. The monoisotopic (exact) mass is 324 g/mol. The van der Waals surface area contributed by atoms with E-state index in [9.17, 15) is 0 Å². The molecule has 2 nitrogen and oxygen atoms in total. The standard InChI is InChI=1S/C19H32O2S/c1-3-4-5-6-7-8-9-10-11-12-16-22-21-19-15-13-14-18(17-19)20-2/h13-15,17H,3-12,16H2,1-2H3. The molecule has 0 aliphatic rings. The largest absolute Gasteiger partial charge is 0.497 e. The smallest absolute Gasteiger partial charge is 0.141 e. The molecule has 126 valence electrons. The molecule has 0 heterocycles. The molecule has 3 heteroatoms. The van der Waals surface area contributed by atoms with E-state index in [4.69, 9.17) is 8.92 Å². The molecular weight excluding hydrogens is 292 g/mol. The van der Waals surface area contributed by atoms with Gasteiger partial charge in [-0.25, -0.2) is 0 Å². The molecule has 1 rings (SSSR count). The quantitative estimate of drug-likeness (QED) is 0.282. The number of hydrogen-bond acceptors (Lipinski definition) is 3. The Kier molecular flexibility index (Phi) is 12.1. The van der Waals surface area contributed by atoms with Crippen LogP contribution in [0.1, 0.15) is 71.1 Å². The van der Waals surface area contributed by atoms with Gasteiger partial charge in [-0.3, -0.25) is 0 Å². The lowest BCUT2D eigenvalue weighted by Crippen LogP contribution is -1.88. The summed E-state index contributed by atoms with van der Waals surface area (Å²) in [6.45, 7) is 2.27. The van der Waals surface area contributed by atoms with Gasteiger partial charge in [0, 0.05) is 11.8 Å². The highest BCUT2D eigenvalue weighted by molar-refractivity contribution is 7.95. The number of rotatable bonds is 14. The first-order valence-electron chi connectivity index (χ1n) is 8.80. The molecule has 0 atom stereocenters. The lowest BCUT2D eigenvalue weighted by molar-refractivity contribution is 0.413. The van der Waals surface area contributed by atoms with Crippen LogP contribution in [0.4, 0.5) is 0 Å². The Labute approximate surface area is 141 Å². The summed E-state index contributed by atoms with van der Waals surface area (Å²) in [6.07, 6.45) is 13.8. The molecule has 0 spiro atoms. The fourth-order valence-corrected chi connectivity index (χ4v) is 3.06. The van der Waals surface area contributed by atoms with Crippen LogP contribution in [0.2, 0.25) is 0 Å². The minimum atomic E-state index is 0.844. The zero-order chi connectivity index (χ0) is 15.9. The van der Waals surface area contributed by atoms with Gasteiger partial charge in [-0.2, -0.15) is 0 Å². The summed E-state index contributed by atoms with van der Waals surface area (Å²) in [5, 5.41) is 0. The van der Waals surface area contributed by atoms with Crippen molar-refractivity contribution < 1.29 is 8.92 Å². The summed E-state index contributed by atoms with van der Waals surface area (Å²) in [5.74, 6) is 2.78. The third-order valence-electron chi connectivity index (χ3n) is 3.78. The van der Waals surface area contributed by atoms with Crippen LogP contribution in [-0.4, -0.2) is 12.9 Å². The predicted molar refractivity (Wildman–Crippen MR) is 97.9 cm³/mol. The fraction of sp³-hybridized carbons (Fsp3) is 0.684. The maximum atomic E-state index is 5.67. The Morgan fingerprint density at radius 2 is 1.41 bits per heavy atom. The van der Waals surface area contributed by atoms with Crippen molar-refractivity contribution in [2.75, 3.05) is 12.9 Å². The maximum absolute atomic E-state index is 5.67. The summed E-state index contributed by atoms with van der Waals surface area (Å²) in [7, 11) is 1.68. The zero-order valence-electron chi connectivity index (χ0n) is 14.3. The normalized spacial score (nSPS) is 10.6. The first kappa shape index (κ1) is 19.2. The van der Waals surface area contributed by atoms with E-state index in [1.165, 1.54) is 64.2 Å². The summed E-state index contributed by atoms with van der Waals surface area (Å²) in [6, 6.07) is 7.77. The van der Waals surface area contributed by atoms with E-state index in [1.54, 1.807) is 19.2 Å². The van der Waals surface area contributed by atoms with Gasteiger partial charge < -0.3 is 8.92 Å². The Bertz CT molecular complexity index is 368. The van der Waals surface area contributed by atoms with E-state index < -0.39 is 0 Å². The number of benzene rings is 1. The van der Waals surface area contributed by atoms with Crippen LogP contribution in [0.5, 0.6) is 11.5 Å². The molecule has 0 fully saturated rings. The van der Waals surface area contributed by atoms with Gasteiger partial charge in [-0.15, -0.1) is 0 Å². The number of ether oxygens (including phenoxy) is 1. The highest BCUT2D eigenvalue weighted by Crippen LogP contribution is 2.22. The Hall–Kier alpha value is -0.830. The van der Waals surface area contributed by atoms with Crippen molar-refractivity contribution in [3.63, 3.8) is 0 Å². The Morgan fingerprint density at radius 1 is 0.818 bits per heavy atom. The van der Waals surface area contributed by atoms with Crippen molar-refractivity contribution in [3.05, 3.63) is 24.3 Å². The van der Waals surface area contributed by atoms with Gasteiger partial charge in [0.15, 0.2) is 0 Å². The fourth-order valence-electron chi connectivity index (χ4n) is 2.41. The molecule has 0 aliphatic carbocycles. The second-order valence-electron chi connectivity index (χ2n) is 5.77. The third-order valence-corrected chi connectivity index (χ3v) is 4.54. The third kappa shape index (κ3) is 9.99. The molecule has 0 aromatic heterocycles. The highest BCUT2D eigenvalue weighted by Gasteiger charge is 1.98. The summed E-state index contributed by atoms with van der Waals surface area (Å²) < 4.78 is 10.8. The van der Waals surface area contributed by atoms with Crippen molar-refractivity contribution >= 4 is 12.0 Å². The molecule has 0 N–H and O–H groups in total. The van der Waals surface area contributed by atoms with E-state index in [0.717, 1.165) is 17.3 Å². The average molecular weight is 325 g/mol. The molecule has 0 aliphatic heterocycles. The Morgan fingerprint density at radius 3 is 2.05 bits per heavy atom. The molecule has 0 unspecified atom stereocenters. The van der Waals surface area contributed by atoms with Crippen LogP contribution in [0, 0.1) is 0 Å². The van der Waals surface area contributed by atoms with Crippen molar-refractivity contribution in [1.82, 2.24) is 0 Å². The van der Waals surface area contributed by atoms with Crippen molar-refractivity contribution in [2.45, 2.75) is 71.1 Å². The van der Waals surface area contributed by atoms with Gasteiger partial charge in [-0.1, -0.05) is 70.8 Å². The molecule has 0 saturated carbocycles. The van der Waals surface area contributed by atoms with E-state index in [1.807, 2.05) is 24.3 Å².